The highest BCUT2D eigenvalue weighted by molar-refractivity contribution is 7.11. The Bertz CT molecular complexity index is 591. The zero-order valence-corrected chi connectivity index (χ0v) is 11.9. The minimum atomic E-state index is -0.273. The van der Waals surface area contributed by atoms with Gasteiger partial charge in [0.1, 0.15) is 5.82 Å². The van der Waals surface area contributed by atoms with Crippen LogP contribution in [0.1, 0.15) is 40.0 Å². The lowest BCUT2D eigenvalue weighted by molar-refractivity contribution is 0.573. The Balaban J connectivity index is 1.92. The summed E-state index contributed by atoms with van der Waals surface area (Å²) in [5, 5.41) is 1.35. The lowest BCUT2D eigenvalue weighted by Crippen LogP contribution is -2.15. The molecule has 0 spiro atoms. The summed E-state index contributed by atoms with van der Waals surface area (Å²) in [6.07, 6.45) is 3.51. The highest BCUT2D eigenvalue weighted by Gasteiger charge is 2.22. The molecule has 2 N–H and O–H groups in total. The fourth-order valence-electron chi connectivity index (χ4n) is 2.43. The summed E-state index contributed by atoms with van der Waals surface area (Å²) in [4.78, 5) is 5.75. The average Bonchev–Trinajstić information content (AvgIpc) is 2.78. The Morgan fingerprint density at radius 1 is 1.47 bits per heavy atom. The largest absolute Gasteiger partial charge is 0.323 e. The number of nitrogens with two attached hydrogens (primary N) is 1. The van der Waals surface area contributed by atoms with Crippen LogP contribution in [0.2, 0.25) is 5.02 Å². The molecule has 0 fully saturated rings. The van der Waals surface area contributed by atoms with Gasteiger partial charge in [0.25, 0.3) is 0 Å². The second-order valence-electron chi connectivity index (χ2n) is 4.79. The predicted molar refractivity (Wildman–Crippen MR) is 76.2 cm³/mol. The smallest absolute Gasteiger partial charge is 0.128 e. The summed E-state index contributed by atoms with van der Waals surface area (Å²) in [7, 11) is 0. The second-order valence-corrected chi connectivity index (χ2v) is 6.32. The predicted octanol–water partition coefficient (Wildman–Crippen LogP) is 3.86. The van der Waals surface area contributed by atoms with Gasteiger partial charge in [0.15, 0.2) is 0 Å². The maximum absolute atomic E-state index is 13.8. The van der Waals surface area contributed by atoms with Crippen LogP contribution in [0.4, 0.5) is 4.39 Å². The summed E-state index contributed by atoms with van der Waals surface area (Å²) in [5.74, 6) is -0.273. The summed E-state index contributed by atoms with van der Waals surface area (Å²) >= 11 is 7.64. The van der Waals surface area contributed by atoms with Crippen LogP contribution in [-0.2, 0) is 12.8 Å². The molecule has 0 amide bonds. The maximum atomic E-state index is 13.8. The molecule has 0 radical (unpaired) electrons. The molecule has 2 aromatic rings. The number of thiazole rings is 1. The summed E-state index contributed by atoms with van der Waals surface area (Å²) in [5.41, 5.74) is 7.69. The van der Waals surface area contributed by atoms with Crippen molar-refractivity contribution < 1.29 is 4.39 Å². The third kappa shape index (κ3) is 2.53. The third-order valence-corrected chi connectivity index (χ3v) is 5.01. The van der Waals surface area contributed by atoms with E-state index in [1.54, 1.807) is 23.5 Å². The molecule has 19 heavy (non-hydrogen) atoms. The first-order chi connectivity index (χ1) is 9.15. The van der Waals surface area contributed by atoms with E-state index in [1.165, 1.54) is 6.07 Å². The molecule has 0 saturated heterocycles. The van der Waals surface area contributed by atoms with Crippen LogP contribution in [0, 0.1) is 5.82 Å². The Morgan fingerprint density at radius 2 is 2.32 bits per heavy atom. The number of halogens is 2. The Hall–Kier alpha value is -0.970. The third-order valence-electron chi connectivity index (χ3n) is 3.43. The van der Waals surface area contributed by atoms with Crippen molar-refractivity contribution in [1.82, 2.24) is 4.98 Å². The van der Waals surface area contributed by atoms with E-state index in [-0.39, 0.29) is 11.9 Å². The molecule has 5 heteroatoms. The van der Waals surface area contributed by atoms with Gasteiger partial charge in [-0.3, -0.25) is 0 Å². The van der Waals surface area contributed by atoms with E-state index in [0.717, 1.165) is 34.8 Å². The van der Waals surface area contributed by atoms with Crippen molar-refractivity contribution in [2.75, 3.05) is 0 Å². The zero-order valence-electron chi connectivity index (χ0n) is 10.3. The molecular weight excluding hydrogens is 283 g/mol. The number of benzene rings is 1. The summed E-state index contributed by atoms with van der Waals surface area (Å²) < 4.78 is 13.8. The van der Waals surface area contributed by atoms with Crippen molar-refractivity contribution in [1.29, 1.82) is 0 Å². The molecule has 1 aliphatic rings. The van der Waals surface area contributed by atoms with Gasteiger partial charge in [0.2, 0.25) is 0 Å². The average molecular weight is 297 g/mol. The lowest BCUT2D eigenvalue weighted by atomic mass is 9.99. The van der Waals surface area contributed by atoms with Crippen LogP contribution in [0.3, 0.4) is 0 Å². The standard InChI is InChI=1S/C14H14ClFN2S/c15-9-3-1-4-10(16)8(9)7-13-18-12-6-2-5-11(17)14(12)19-13/h1,3-4,11H,2,5-7,17H2. The van der Waals surface area contributed by atoms with Crippen molar-refractivity contribution >= 4 is 22.9 Å². The Labute approximate surface area is 120 Å². The molecule has 1 aromatic carbocycles. The van der Waals surface area contributed by atoms with E-state index in [2.05, 4.69) is 4.98 Å². The molecular formula is C14H14ClFN2S. The number of rotatable bonds is 2. The van der Waals surface area contributed by atoms with Crippen LogP contribution in [0.15, 0.2) is 18.2 Å². The molecule has 1 unspecified atom stereocenters. The van der Waals surface area contributed by atoms with E-state index in [0.29, 0.717) is 17.0 Å². The molecule has 100 valence electrons. The molecule has 0 aliphatic heterocycles. The monoisotopic (exact) mass is 296 g/mol. The summed E-state index contributed by atoms with van der Waals surface area (Å²) in [6, 6.07) is 4.84. The van der Waals surface area contributed by atoms with Gasteiger partial charge in [-0.1, -0.05) is 17.7 Å². The number of hydrogen-bond donors (Lipinski definition) is 1. The van der Waals surface area contributed by atoms with Gasteiger partial charge >= 0.3 is 0 Å². The quantitative estimate of drug-likeness (QED) is 0.914. The van der Waals surface area contributed by atoms with Gasteiger partial charge < -0.3 is 5.73 Å². The number of aromatic nitrogens is 1. The molecule has 2 nitrogen and oxygen atoms in total. The Kier molecular flexibility index (Phi) is 3.56. The van der Waals surface area contributed by atoms with Gasteiger partial charge in [-0.25, -0.2) is 9.37 Å². The van der Waals surface area contributed by atoms with Crippen molar-refractivity contribution in [2.45, 2.75) is 31.7 Å². The number of fused-ring (bicyclic) bond motifs is 1. The fraction of sp³-hybridized carbons (Fsp3) is 0.357. The number of aryl methyl sites for hydroxylation is 1. The lowest BCUT2D eigenvalue weighted by Gasteiger charge is -2.15. The molecule has 1 aromatic heterocycles. The molecule has 1 aliphatic carbocycles. The highest BCUT2D eigenvalue weighted by Crippen LogP contribution is 2.34. The molecule has 0 saturated carbocycles. The fourth-order valence-corrected chi connectivity index (χ4v) is 3.82. The molecule has 1 heterocycles. The van der Waals surface area contributed by atoms with Crippen LogP contribution in [0.5, 0.6) is 0 Å². The van der Waals surface area contributed by atoms with Crippen molar-refractivity contribution in [3.05, 3.63) is 50.2 Å². The number of hydrogen-bond acceptors (Lipinski definition) is 3. The molecule has 3 rings (SSSR count). The van der Waals surface area contributed by atoms with E-state index < -0.39 is 0 Å². The van der Waals surface area contributed by atoms with Crippen LogP contribution in [-0.4, -0.2) is 4.98 Å². The van der Waals surface area contributed by atoms with E-state index >= 15 is 0 Å². The zero-order chi connectivity index (χ0) is 13.4. The van der Waals surface area contributed by atoms with Crippen LogP contribution in [0.25, 0.3) is 0 Å². The van der Waals surface area contributed by atoms with Gasteiger partial charge in [0, 0.05) is 27.9 Å². The SMILES string of the molecule is NC1CCCc2nc(Cc3c(F)cccc3Cl)sc21. The Morgan fingerprint density at radius 3 is 3.05 bits per heavy atom. The van der Waals surface area contributed by atoms with E-state index in [9.17, 15) is 4.39 Å². The maximum Gasteiger partial charge on any atom is 0.128 e. The molecule has 0 bridgehead atoms. The van der Waals surface area contributed by atoms with E-state index in [1.807, 2.05) is 0 Å². The van der Waals surface area contributed by atoms with Gasteiger partial charge in [-0.2, -0.15) is 0 Å². The van der Waals surface area contributed by atoms with Crippen molar-refractivity contribution in [3.8, 4) is 0 Å². The van der Waals surface area contributed by atoms with Crippen LogP contribution >= 0.6 is 22.9 Å². The minimum absolute atomic E-state index is 0.0890. The van der Waals surface area contributed by atoms with Gasteiger partial charge in [-0.05, 0) is 31.4 Å². The first-order valence-corrected chi connectivity index (χ1v) is 7.51. The van der Waals surface area contributed by atoms with Crippen molar-refractivity contribution in [3.63, 3.8) is 0 Å². The second kappa shape index (κ2) is 5.19. The first-order valence-electron chi connectivity index (χ1n) is 6.32. The van der Waals surface area contributed by atoms with E-state index in [4.69, 9.17) is 17.3 Å². The summed E-state index contributed by atoms with van der Waals surface area (Å²) in [6.45, 7) is 0. The number of nitrogens with zero attached hydrogens (tertiary/aromatic N) is 1. The van der Waals surface area contributed by atoms with Gasteiger partial charge in [-0.15, -0.1) is 11.3 Å². The topological polar surface area (TPSA) is 38.9 Å². The molecule has 1 atom stereocenters. The normalized spacial score (nSPS) is 18.4. The van der Waals surface area contributed by atoms with Gasteiger partial charge in [0.05, 0.1) is 10.7 Å². The first kappa shape index (κ1) is 13.0. The highest BCUT2D eigenvalue weighted by atomic mass is 35.5. The van der Waals surface area contributed by atoms with Crippen LogP contribution < -0.4 is 5.73 Å². The van der Waals surface area contributed by atoms with Crippen molar-refractivity contribution in [2.24, 2.45) is 5.73 Å². The minimum Gasteiger partial charge on any atom is -0.323 e.